The van der Waals surface area contributed by atoms with E-state index in [0.29, 0.717) is 12.2 Å². The van der Waals surface area contributed by atoms with E-state index in [2.05, 4.69) is 13.8 Å². The fourth-order valence-corrected chi connectivity index (χ4v) is 0.875. The van der Waals surface area contributed by atoms with Crippen molar-refractivity contribution in [2.45, 2.75) is 38.9 Å². The molecule has 1 aliphatic heterocycles. The fraction of sp³-hybridized carbons (Fsp3) is 1.00. The van der Waals surface area contributed by atoms with Crippen LogP contribution >= 0.6 is 0 Å². The van der Waals surface area contributed by atoms with Crippen molar-refractivity contribution in [2.24, 2.45) is 0 Å². The van der Waals surface area contributed by atoms with Crippen molar-refractivity contribution in [2.75, 3.05) is 0 Å². The molecule has 0 aromatic rings. The lowest BCUT2D eigenvalue weighted by molar-refractivity contribution is -0.465. The molecule has 0 amide bonds. The molecule has 1 heterocycles. The highest BCUT2D eigenvalue weighted by Crippen LogP contribution is 2.21. The third-order valence-electron chi connectivity index (χ3n) is 1.52. The van der Waals surface area contributed by atoms with Gasteiger partial charge in [0.1, 0.15) is 12.2 Å². The highest BCUT2D eigenvalue weighted by Gasteiger charge is 2.30. The average Bonchev–Trinajstić information content (AvgIpc) is 1.66. The molecule has 0 saturated carbocycles. The van der Waals surface area contributed by atoms with E-state index in [9.17, 15) is 0 Å². The normalized spacial score (nSPS) is 36.8. The minimum atomic E-state index is 0.375. The third-order valence-corrected chi connectivity index (χ3v) is 1.52. The topological polar surface area (TPSA) is 18.5 Å². The van der Waals surface area contributed by atoms with E-state index in [-0.39, 0.29) is 0 Å². The second-order valence-corrected chi connectivity index (χ2v) is 2.09. The van der Waals surface area contributed by atoms with Crippen molar-refractivity contribution in [3.05, 3.63) is 0 Å². The molecule has 1 rings (SSSR count). The molecule has 2 nitrogen and oxygen atoms in total. The first-order chi connectivity index (χ1) is 3.88. The van der Waals surface area contributed by atoms with Gasteiger partial charge in [0.15, 0.2) is 0 Å². The van der Waals surface area contributed by atoms with E-state index in [4.69, 9.17) is 9.78 Å². The van der Waals surface area contributed by atoms with Gasteiger partial charge in [-0.2, -0.15) is 0 Å². The fourth-order valence-electron chi connectivity index (χ4n) is 0.875. The van der Waals surface area contributed by atoms with Crippen LogP contribution in [0.5, 0.6) is 0 Å². The van der Waals surface area contributed by atoms with E-state index >= 15 is 0 Å². The maximum Gasteiger partial charge on any atom is 0.122 e. The maximum absolute atomic E-state index is 4.78. The lowest BCUT2D eigenvalue weighted by Crippen LogP contribution is -2.41. The van der Waals surface area contributed by atoms with Gasteiger partial charge >= 0.3 is 0 Å². The Morgan fingerprint density at radius 2 is 1.38 bits per heavy atom. The van der Waals surface area contributed by atoms with Gasteiger partial charge in [-0.25, -0.2) is 9.78 Å². The first kappa shape index (κ1) is 6.05. The van der Waals surface area contributed by atoms with Gasteiger partial charge in [0, 0.05) is 0 Å². The Hall–Kier alpha value is -0.0800. The lowest BCUT2D eigenvalue weighted by Gasteiger charge is -2.33. The molecule has 0 aromatic carbocycles. The molecule has 0 bridgehead atoms. The van der Waals surface area contributed by atoms with Gasteiger partial charge in [0.25, 0.3) is 0 Å². The van der Waals surface area contributed by atoms with Crippen molar-refractivity contribution in [3.63, 3.8) is 0 Å². The van der Waals surface area contributed by atoms with Gasteiger partial charge in [-0.1, -0.05) is 13.8 Å². The first-order valence-electron chi connectivity index (χ1n) is 3.20. The first-order valence-corrected chi connectivity index (χ1v) is 3.20. The Balaban J connectivity index is 2.16. The van der Waals surface area contributed by atoms with E-state index in [1.165, 1.54) is 0 Å². The second-order valence-electron chi connectivity index (χ2n) is 2.09. The summed E-state index contributed by atoms with van der Waals surface area (Å²) in [6.45, 7) is 4.21. The van der Waals surface area contributed by atoms with Crippen LogP contribution in [0.4, 0.5) is 0 Å². The molecule has 0 N–H and O–H groups in total. The SMILES string of the molecule is CC[C@@H]1OO[C@@H]1CC. The maximum atomic E-state index is 4.78. The molecule has 1 saturated heterocycles. The zero-order valence-corrected chi connectivity index (χ0v) is 5.39. The average molecular weight is 116 g/mol. The molecular formula is C6H12O2. The summed E-state index contributed by atoms with van der Waals surface area (Å²) in [4.78, 5) is 9.57. The van der Waals surface area contributed by atoms with E-state index in [0.717, 1.165) is 12.8 Å². The molecule has 0 unspecified atom stereocenters. The van der Waals surface area contributed by atoms with Crippen LogP contribution in [0.2, 0.25) is 0 Å². The molecule has 1 aliphatic rings. The molecule has 2 heteroatoms. The van der Waals surface area contributed by atoms with Crippen LogP contribution < -0.4 is 0 Å². The summed E-state index contributed by atoms with van der Waals surface area (Å²) in [6, 6.07) is 0. The van der Waals surface area contributed by atoms with Crippen molar-refractivity contribution in [3.8, 4) is 0 Å². The molecular weight excluding hydrogens is 104 g/mol. The molecule has 0 radical (unpaired) electrons. The van der Waals surface area contributed by atoms with E-state index < -0.39 is 0 Å². The standard InChI is InChI=1S/C6H12O2/c1-3-5-6(4-2)8-7-5/h5-6H,3-4H2,1-2H3/t5-,6+. The van der Waals surface area contributed by atoms with Gasteiger partial charge in [-0.05, 0) is 12.8 Å². The number of hydrogen-bond acceptors (Lipinski definition) is 2. The van der Waals surface area contributed by atoms with Crippen molar-refractivity contribution < 1.29 is 9.78 Å². The number of rotatable bonds is 2. The molecule has 0 aromatic heterocycles. The number of hydrogen-bond donors (Lipinski definition) is 0. The summed E-state index contributed by atoms with van der Waals surface area (Å²) in [6.07, 6.45) is 2.89. The Morgan fingerprint density at radius 3 is 1.50 bits per heavy atom. The zero-order valence-electron chi connectivity index (χ0n) is 5.39. The van der Waals surface area contributed by atoms with Crippen LogP contribution in [0.25, 0.3) is 0 Å². The molecule has 1 fully saturated rings. The molecule has 0 aliphatic carbocycles. The largest absolute Gasteiger partial charge is 0.230 e. The highest BCUT2D eigenvalue weighted by molar-refractivity contribution is 4.70. The highest BCUT2D eigenvalue weighted by atomic mass is 17.2. The Morgan fingerprint density at radius 1 is 1.00 bits per heavy atom. The predicted molar refractivity (Wildman–Crippen MR) is 30.3 cm³/mol. The molecule has 2 atom stereocenters. The van der Waals surface area contributed by atoms with Crippen molar-refractivity contribution in [1.82, 2.24) is 0 Å². The van der Waals surface area contributed by atoms with Crippen LogP contribution in [0.15, 0.2) is 0 Å². The van der Waals surface area contributed by atoms with Gasteiger partial charge in [-0.3, -0.25) is 0 Å². The molecule has 0 spiro atoms. The second kappa shape index (κ2) is 2.46. The van der Waals surface area contributed by atoms with Gasteiger partial charge in [-0.15, -0.1) is 0 Å². The van der Waals surface area contributed by atoms with Crippen molar-refractivity contribution >= 4 is 0 Å². The Labute approximate surface area is 49.7 Å². The monoisotopic (exact) mass is 116 g/mol. The van der Waals surface area contributed by atoms with Gasteiger partial charge < -0.3 is 0 Å². The van der Waals surface area contributed by atoms with Crippen LogP contribution in [0, 0.1) is 0 Å². The summed E-state index contributed by atoms with van der Waals surface area (Å²) < 4.78 is 0. The van der Waals surface area contributed by atoms with Crippen LogP contribution in [0.3, 0.4) is 0 Å². The van der Waals surface area contributed by atoms with Crippen molar-refractivity contribution in [1.29, 1.82) is 0 Å². The van der Waals surface area contributed by atoms with E-state index in [1.54, 1.807) is 0 Å². The summed E-state index contributed by atoms with van der Waals surface area (Å²) in [5, 5.41) is 0. The Kier molecular flexibility index (Phi) is 1.86. The quantitative estimate of drug-likeness (QED) is 0.509. The molecule has 48 valence electrons. The van der Waals surface area contributed by atoms with Crippen LogP contribution in [-0.2, 0) is 9.78 Å². The predicted octanol–water partition coefficient (Wildman–Crippen LogP) is 1.51. The smallest absolute Gasteiger partial charge is 0.122 e. The summed E-state index contributed by atoms with van der Waals surface area (Å²) >= 11 is 0. The van der Waals surface area contributed by atoms with Crippen LogP contribution in [-0.4, -0.2) is 12.2 Å². The summed E-state index contributed by atoms with van der Waals surface area (Å²) in [5.41, 5.74) is 0. The van der Waals surface area contributed by atoms with Gasteiger partial charge in [0.05, 0.1) is 0 Å². The Bertz CT molecular complexity index is 58.9. The zero-order chi connectivity index (χ0) is 5.98. The summed E-state index contributed by atoms with van der Waals surface area (Å²) in [7, 11) is 0. The minimum Gasteiger partial charge on any atom is -0.230 e. The summed E-state index contributed by atoms with van der Waals surface area (Å²) in [5.74, 6) is 0. The molecule has 8 heavy (non-hydrogen) atoms. The third kappa shape index (κ3) is 0.858. The minimum absolute atomic E-state index is 0.375. The van der Waals surface area contributed by atoms with Crippen LogP contribution in [0.1, 0.15) is 26.7 Å². The van der Waals surface area contributed by atoms with E-state index in [1.807, 2.05) is 0 Å². The lowest BCUT2D eigenvalue weighted by atomic mass is 10.1. The van der Waals surface area contributed by atoms with Gasteiger partial charge in [0.2, 0.25) is 0 Å².